The van der Waals surface area contributed by atoms with Crippen LogP contribution in [0.5, 0.6) is 0 Å². The van der Waals surface area contributed by atoms with Gasteiger partial charge in [0.25, 0.3) is 10.0 Å². The Balaban J connectivity index is 0.00000176. The zero-order chi connectivity index (χ0) is 15.3. The van der Waals surface area contributed by atoms with Crippen LogP contribution in [0.25, 0.3) is 0 Å². The lowest BCUT2D eigenvalue weighted by atomic mass is 9.81. The zero-order valence-electron chi connectivity index (χ0n) is 13.2. The number of hydrogen-bond acceptors (Lipinski definition) is 4. The van der Waals surface area contributed by atoms with Crippen LogP contribution in [0.4, 0.5) is 0 Å². The van der Waals surface area contributed by atoms with E-state index in [9.17, 15) is 8.42 Å². The maximum atomic E-state index is 12.8. The molecule has 0 saturated carbocycles. The van der Waals surface area contributed by atoms with Crippen molar-refractivity contribution in [3.05, 3.63) is 12.0 Å². The van der Waals surface area contributed by atoms with Crippen molar-refractivity contribution in [3.63, 3.8) is 0 Å². The van der Waals surface area contributed by atoms with Crippen LogP contribution in [0, 0.1) is 5.41 Å². The fourth-order valence-electron chi connectivity index (χ4n) is 3.17. The Morgan fingerprint density at radius 2 is 2.05 bits per heavy atom. The van der Waals surface area contributed by atoms with Gasteiger partial charge in [0, 0.05) is 38.3 Å². The fourth-order valence-corrected chi connectivity index (χ4v) is 4.77. The third-order valence-corrected chi connectivity index (χ3v) is 6.48. The number of nitrogens with two attached hydrogens (primary N) is 1. The molecule has 0 amide bonds. The summed E-state index contributed by atoms with van der Waals surface area (Å²) < 4.78 is 29.1. The van der Waals surface area contributed by atoms with Crippen LogP contribution in [0.1, 0.15) is 38.9 Å². The highest BCUT2D eigenvalue weighted by Gasteiger charge is 2.39. The van der Waals surface area contributed by atoms with Crippen LogP contribution in [-0.4, -0.2) is 41.4 Å². The van der Waals surface area contributed by atoms with Crippen LogP contribution in [0.3, 0.4) is 0 Å². The average molecular weight is 349 g/mol. The van der Waals surface area contributed by atoms with E-state index in [1.54, 1.807) is 10.5 Å². The Morgan fingerprint density at radius 3 is 2.68 bits per heavy atom. The van der Waals surface area contributed by atoms with Gasteiger partial charge in [0.05, 0.1) is 0 Å². The Bertz CT molecular complexity index is 618. The fraction of sp³-hybridized carbons (Fsp3) is 0.786. The van der Waals surface area contributed by atoms with Crippen LogP contribution in [-0.2, 0) is 23.0 Å². The Morgan fingerprint density at radius 1 is 1.32 bits per heavy atom. The highest BCUT2D eigenvalue weighted by molar-refractivity contribution is 7.89. The molecule has 0 radical (unpaired) electrons. The topological polar surface area (TPSA) is 81.2 Å². The molecule has 8 heteroatoms. The van der Waals surface area contributed by atoms with E-state index in [4.69, 9.17) is 5.73 Å². The molecule has 2 N–H and O–H groups in total. The molecule has 2 aliphatic heterocycles. The summed E-state index contributed by atoms with van der Waals surface area (Å²) in [6, 6.07) is 0.0409. The van der Waals surface area contributed by atoms with Crippen molar-refractivity contribution in [1.82, 2.24) is 13.9 Å². The van der Waals surface area contributed by atoms with Crippen molar-refractivity contribution in [3.8, 4) is 0 Å². The van der Waals surface area contributed by atoms with Crippen molar-refractivity contribution in [2.24, 2.45) is 11.1 Å². The lowest BCUT2D eigenvalue weighted by Crippen LogP contribution is -2.53. The minimum absolute atomic E-state index is 0. The number of imidazole rings is 1. The summed E-state index contributed by atoms with van der Waals surface area (Å²) in [6.07, 6.45) is 5.44. The minimum atomic E-state index is -3.50. The third kappa shape index (κ3) is 3.04. The monoisotopic (exact) mass is 348 g/mol. The van der Waals surface area contributed by atoms with Crippen LogP contribution in [0.15, 0.2) is 11.2 Å². The molecule has 3 heterocycles. The van der Waals surface area contributed by atoms with Crippen molar-refractivity contribution < 1.29 is 8.42 Å². The number of halogens is 1. The number of fused-ring (bicyclic) bond motifs is 1. The molecule has 1 fully saturated rings. The molecular weight excluding hydrogens is 324 g/mol. The normalized spacial score (nSPS) is 25.3. The summed E-state index contributed by atoms with van der Waals surface area (Å²) in [7, 11) is -3.50. The van der Waals surface area contributed by atoms with Gasteiger partial charge in [-0.3, -0.25) is 0 Å². The molecule has 2 aliphatic rings. The van der Waals surface area contributed by atoms with Crippen LogP contribution < -0.4 is 5.73 Å². The standard InChI is InChI=1S/C14H24N4O2S.ClH/c1-14(2)10-18(8-6-11(14)15)21(19,20)13-9-17-7-4-3-5-12(17)16-13;/h9,11H,3-8,10,15H2,1-2H3;1H. The summed E-state index contributed by atoms with van der Waals surface area (Å²) >= 11 is 0. The van der Waals surface area contributed by atoms with Crippen molar-refractivity contribution >= 4 is 22.4 Å². The Hall–Kier alpha value is -0.630. The van der Waals surface area contributed by atoms with Crippen molar-refractivity contribution in [2.75, 3.05) is 13.1 Å². The van der Waals surface area contributed by atoms with Gasteiger partial charge >= 0.3 is 0 Å². The maximum Gasteiger partial charge on any atom is 0.262 e. The molecule has 0 bridgehead atoms. The first-order chi connectivity index (χ1) is 9.80. The average Bonchev–Trinajstić information content (AvgIpc) is 2.86. The quantitative estimate of drug-likeness (QED) is 0.875. The van der Waals surface area contributed by atoms with E-state index in [1.165, 1.54) is 0 Å². The smallest absolute Gasteiger partial charge is 0.262 e. The molecule has 126 valence electrons. The number of sulfonamides is 1. The predicted molar refractivity (Wildman–Crippen MR) is 87.5 cm³/mol. The van der Waals surface area contributed by atoms with E-state index >= 15 is 0 Å². The number of rotatable bonds is 2. The van der Waals surface area contributed by atoms with E-state index < -0.39 is 10.0 Å². The first-order valence-electron chi connectivity index (χ1n) is 7.62. The summed E-state index contributed by atoms with van der Waals surface area (Å²) in [5.41, 5.74) is 5.89. The van der Waals surface area contributed by atoms with Gasteiger partial charge in [-0.25, -0.2) is 13.4 Å². The number of nitrogens with zero attached hydrogens (tertiary/aromatic N) is 3. The number of hydrogen-bond donors (Lipinski definition) is 1. The summed E-state index contributed by atoms with van der Waals surface area (Å²) in [6.45, 7) is 5.86. The molecule has 1 saturated heterocycles. The summed E-state index contributed by atoms with van der Waals surface area (Å²) in [5.74, 6) is 0.896. The molecule has 1 aromatic heterocycles. The van der Waals surface area contributed by atoms with E-state index in [1.807, 2.05) is 18.4 Å². The molecule has 0 aromatic carbocycles. The SMILES string of the molecule is CC1(C)CN(S(=O)(=O)c2cn3c(n2)CCCC3)CCC1N.Cl. The van der Waals surface area contributed by atoms with E-state index in [0.29, 0.717) is 19.5 Å². The van der Waals surface area contributed by atoms with Crippen molar-refractivity contribution in [2.45, 2.75) is 57.1 Å². The van der Waals surface area contributed by atoms with Gasteiger partial charge in [-0.05, 0) is 24.7 Å². The Kier molecular flexibility index (Phi) is 4.92. The Labute approximate surface area is 138 Å². The lowest BCUT2D eigenvalue weighted by Gasteiger charge is -2.41. The maximum absolute atomic E-state index is 12.8. The van der Waals surface area contributed by atoms with E-state index in [2.05, 4.69) is 4.98 Å². The van der Waals surface area contributed by atoms with Gasteiger partial charge in [0.1, 0.15) is 5.82 Å². The summed E-state index contributed by atoms with van der Waals surface area (Å²) in [5, 5.41) is 0.200. The zero-order valence-corrected chi connectivity index (χ0v) is 14.8. The number of aromatic nitrogens is 2. The molecule has 1 aromatic rings. The first-order valence-corrected chi connectivity index (χ1v) is 9.06. The molecule has 1 atom stereocenters. The van der Waals surface area contributed by atoms with Crippen LogP contribution in [0.2, 0.25) is 0 Å². The summed E-state index contributed by atoms with van der Waals surface area (Å²) in [4.78, 5) is 4.37. The van der Waals surface area contributed by atoms with Gasteiger partial charge in [0.2, 0.25) is 0 Å². The molecular formula is C14H25ClN4O2S. The second-order valence-corrected chi connectivity index (χ2v) is 8.75. The highest BCUT2D eigenvalue weighted by Crippen LogP contribution is 2.31. The highest BCUT2D eigenvalue weighted by atomic mass is 35.5. The second kappa shape index (κ2) is 6.11. The molecule has 0 spiro atoms. The second-order valence-electron chi connectivity index (χ2n) is 6.87. The van der Waals surface area contributed by atoms with Gasteiger partial charge in [-0.1, -0.05) is 13.8 Å². The molecule has 0 aliphatic carbocycles. The first kappa shape index (κ1) is 17.7. The lowest BCUT2D eigenvalue weighted by molar-refractivity contribution is 0.155. The number of piperidine rings is 1. The minimum Gasteiger partial charge on any atom is -0.333 e. The van der Waals surface area contributed by atoms with Crippen molar-refractivity contribution in [1.29, 1.82) is 0 Å². The van der Waals surface area contributed by atoms with Gasteiger partial charge < -0.3 is 10.3 Å². The van der Waals surface area contributed by atoms with Crippen LogP contribution >= 0.6 is 12.4 Å². The number of aryl methyl sites for hydroxylation is 2. The van der Waals surface area contributed by atoms with Gasteiger partial charge in [0.15, 0.2) is 5.03 Å². The van der Waals surface area contributed by atoms with Gasteiger partial charge in [-0.15, -0.1) is 12.4 Å². The predicted octanol–water partition coefficient (Wildman–Crippen LogP) is 1.39. The molecule has 6 nitrogen and oxygen atoms in total. The largest absolute Gasteiger partial charge is 0.333 e. The van der Waals surface area contributed by atoms with E-state index in [0.717, 1.165) is 31.6 Å². The molecule has 1 unspecified atom stereocenters. The molecule has 3 rings (SSSR count). The van der Waals surface area contributed by atoms with Gasteiger partial charge in [-0.2, -0.15) is 4.31 Å². The third-order valence-electron chi connectivity index (χ3n) is 4.77. The van der Waals surface area contributed by atoms with E-state index in [-0.39, 0.29) is 28.9 Å². The molecule has 22 heavy (non-hydrogen) atoms.